The molecule has 1 aliphatic rings. The highest BCUT2D eigenvalue weighted by Crippen LogP contribution is 2.22. The number of anilines is 1. The van der Waals surface area contributed by atoms with Gasteiger partial charge in [-0.15, -0.1) is 0 Å². The predicted molar refractivity (Wildman–Crippen MR) is 78.6 cm³/mol. The molecule has 1 aliphatic heterocycles. The van der Waals surface area contributed by atoms with Crippen LogP contribution in [0.5, 0.6) is 0 Å². The summed E-state index contributed by atoms with van der Waals surface area (Å²) in [7, 11) is 2.06. The zero-order valence-corrected chi connectivity index (χ0v) is 12.2. The van der Waals surface area contributed by atoms with E-state index in [1.165, 1.54) is 6.07 Å². The van der Waals surface area contributed by atoms with Crippen LogP contribution in [-0.4, -0.2) is 55.5 Å². The lowest BCUT2D eigenvalue weighted by atomic mass is 10.1. The van der Waals surface area contributed by atoms with Crippen molar-refractivity contribution in [2.75, 3.05) is 45.1 Å². The minimum atomic E-state index is -0.371. The van der Waals surface area contributed by atoms with Crippen LogP contribution in [0.15, 0.2) is 18.2 Å². The van der Waals surface area contributed by atoms with E-state index in [1.807, 2.05) is 11.8 Å². The number of hydrogen-bond acceptors (Lipinski definition) is 3. The zero-order chi connectivity index (χ0) is 14.5. The molecule has 1 N–H and O–H groups in total. The van der Waals surface area contributed by atoms with E-state index >= 15 is 0 Å². The van der Waals surface area contributed by atoms with Crippen LogP contribution in [0.2, 0.25) is 0 Å². The van der Waals surface area contributed by atoms with Gasteiger partial charge in [-0.3, -0.25) is 4.79 Å². The number of nitrogens with one attached hydrogen (secondary N) is 1. The molecule has 0 spiro atoms. The molecule has 110 valence electrons. The van der Waals surface area contributed by atoms with Gasteiger partial charge in [-0.2, -0.15) is 0 Å². The normalized spacial score (nSPS) is 16.9. The average Bonchev–Trinajstić information content (AvgIpc) is 2.65. The molecule has 0 saturated carbocycles. The van der Waals surface area contributed by atoms with E-state index in [0.29, 0.717) is 24.3 Å². The fraction of sp³-hybridized carbons (Fsp3) is 0.533. The number of carbonyl (C=O) groups is 1. The maximum atomic E-state index is 13.9. The summed E-state index contributed by atoms with van der Waals surface area (Å²) >= 11 is 0. The molecule has 2 rings (SSSR count). The predicted octanol–water partition coefficient (Wildman–Crippen LogP) is 2.04. The highest BCUT2D eigenvalue weighted by Gasteiger charge is 2.22. The van der Waals surface area contributed by atoms with Crippen LogP contribution >= 0.6 is 0 Å². The van der Waals surface area contributed by atoms with E-state index in [0.717, 1.165) is 26.1 Å². The van der Waals surface area contributed by atoms with Gasteiger partial charge in [-0.1, -0.05) is 6.07 Å². The maximum absolute atomic E-state index is 13.9. The van der Waals surface area contributed by atoms with Gasteiger partial charge in [0.15, 0.2) is 0 Å². The highest BCUT2D eigenvalue weighted by atomic mass is 19.1. The minimum absolute atomic E-state index is 0.0873. The highest BCUT2D eigenvalue weighted by molar-refractivity contribution is 5.99. The van der Waals surface area contributed by atoms with Crippen LogP contribution < -0.4 is 5.32 Å². The largest absolute Gasteiger partial charge is 0.382 e. The Kier molecular flexibility index (Phi) is 4.95. The van der Waals surface area contributed by atoms with Crippen LogP contribution in [0.3, 0.4) is 0 Å². The van der Waals surface area contributed by atoms with E-state index in [4.69, 9.17) is 0 Å². The average molecular weight is 279 g/mol. The van der Waals surface area contributed by atoms with Crippen molar-refractivity contribution in [1.82, 2.24) is 9.80 Å². The second kappa shape index (κ2) is 6.70. The maximum Gasteiger partial charge on any atom is 0.256 e. The van der Waals surface area contributed by atoms with Gasteiger partial charge in [0.2, 0.25) is 0 Å². The van der Waals surface area contributed by atoms with Crippen molar-refractivity contribution in [2.45, 2.75) is 13.3 Å². The molecular formula is C15H22FN3O. The Hall–Kier alpha value is -1.62. The number of rotatable bonds is 3. The summed E-state index contributed by atoms with van der Waals surface area (Å²) in [4.78, 5) is 16.6. The topological polar surface area (TPSA) is 35.6 Å². The van der Waals surface area contributed by atoms with E-state index < -0.39 is 0 Å². The summed E-state index contributed by atoms with van der Waals surface area (Å²) in [6.45, 7) is 5.75. The van der Waals surface area contributed by atoms with Crippen molar-refractivity contribution in [3.63, 3.8) is 0 Å². The molecule has 1 fully saturated rings. The summed E-state index contributed by atoms with van der Waals surface area (Å²) in [6, 6.07) is 4.66. The van der Waals surface area contributed by atoms with E-state index in [2.05, 4.69) is 17.3 Å². The second-order valence-corrected chi connectivity index (χ2v) is 5.14. The van der Waals surface area contributed by atoms with Gasteiger partial charge in [0.1, 0.15) is 5.82 Å². The first-order valence-electron chi connectivity index (χ1n) is 7.13. The van der Waals surface area contributed by atoms with Crippen molar-refractivity contribution < 1.29 is 9.18 Å². The summed E-state index contributed by atoms with van der Waals surface area (Å²) in [5, 5.41) is 2.96. The van der Waals surface area contributed by atoms with Crippen LogP contribution in [0.1, 0.15) is 23.7 Å². The Morgan fingerprint density at radius 3 is 2.85 bits per heavy atom. The third-order valence-electron chi connectivity index (χ3n) is 3.60. The molecule has 0 aliphatic carbocycles. The molecule has 1 aromatic rings. The third-order valence-corrected chi connectivity index (χ3v) is 3.60. The Bertz CT molecular complexity index is 478. The fourth-order valence-corrected chi connectivity index (χ4v) is 2.48. The van der Waals surface area contributed by atoms with Gasteiger partial charge in [0.25, 0.3) is 5.91 Å². The number of likely N-dealkylation sites (N-methyl/N-ethyl adjacent to an activating group) is 1. The van der Waals surface area contributed by atoms with Gasteiger partial charge in [0.05, 0.1) is 11.3 Å². The Labute approximate surface area is 119 Å². The first kappa shape index (κ1) is 14.8. The molecule has 0 radical (unpaired) electrons. The fourth-order valence-electron chi connectivity index (χ4n) is 2.48. The molecular weight excluding hydrogens is 257 g/mol. The van der Waals surface area contributed by atoms with Gasteiger partial charge >= 0.3 is 0 Å². The number of carbonyl (C=O) groups excluding carboxylic acids is 1. The van der Waals surface area contributed by atoms with E-state index in [9.17, 15) is 9.18 Å². The number of benzene rings is 1. The molecule has 0 aromatic heterocycles. The lowest BCUT2D eigenvalue weighted by Gasteiger charge is -2.22. The quantitative estimate of drug-likeness (QED) is 0.919. The molecule has 1 aromatic carbocycles. The smallest absolute Gasteiger partial charge is 0.256 e. The van der Waals surface area contributed by atoms with Gasteiger partial charge in [-0.25, -0.2) is 4.39 Å². The zero-order valence-electron chi connectivity index (χ0n) is 12.2. The second-order valence-electron chi connectivity index (χ2n) is 5.14. The Morgan fingerprint density at radius 1 is 1.30 bits per heavy atom. The van der Waals surface area contributed by atoms with E-state index in [1.54, 1.807) is 12.1 Å². The van der Waals surface area contributed by atoms with Crippen molar-refractivity contribution in [2.24, 2.45) is 0 Å². The van der Waals surface area contributed by atoms with Crippen molar-refractivity contribution >= 4 is 11.6 Å². The Morgan fingerprint density at radius 2 is 2.10 bits per heavy atom. The summed E-state index contributed by atoms with van der Waals surface area (Å²) in [6.07, 6.45) is 0.952. The van der Waals surface area contributed by atoms with E-state index in [-0.39, 0.29) is 11.7 Å². The van der Waals surface area contributed by atoms with Gasteiger partial charge in [0, 0.05) is 26.2 Å². The van der Waals surface area contributed by atoms with Crippen LogP contribution in [-0.2, 0) is 0 Å². The SMILES string of the molecule is CCNc1c(F)cccc1C(=O)N1CCCN(C)CC1. The number of para-hydroxylation sites is 1. The molecule has 1 heterocycles. The first-order chi connectivity index (χ1) is 9.63. The molecule has 20 heavy (non-hydrogen) atoms. The number of halogens is 1. The molecule has 0 bridgehead atoms. The lowest BCUT2D eigenvalue weighted by Crippen LogP contribution is -2.35. The van der Waals surface area contributed by atoms with Crippen LogP contribution in [0, 0.1) is 5.82 Å². The number of amides is 1. The summed E-state index contributed by atoms with van der Waals surface area (Å²) < 4.78 is 13.9. The van der Waals surface area contributed by atoms with Crippen molar-refractivity contribution in [1.29, 1.82) is 0 Å². The monoisotopic (exact) mass is 279 g/mol. The minimum Gasteiger partial charge on any atom is -0.382 e. The molecule has 1 saturated heterocycles. The van der Waals surface area contributed by atoms with Crippen molar-refractivity contribution in [3.8, 4) is 0 Å². The molecule has 5 heteroatoms. The third kappa shape index (κ3) is 3.28. The molecule has 0 atom stereocenters. The number of nitrogens with zero attached hydrogens (tertiary/aromatic N) is 2. The Balaban J connectivity index is 2.22. The first-order valence-corrected chi connectivity index (χ1v) is 7.13. The molecule has 0 unspecified atom stereocenters. The van der Waals surface area contributed by atoms with Gasteiger partial charge in [-0.05, 0) is 39.1 Å². The number of hydrogen-bond donors (Lipinski definition) is 1. The molecule has 4 nitrogen and oxygen atoms in total. The van der Waals surface area contributed by atoms with Crippen molar-refractivity contribution in [3.05, 3.63) is 29.6 Å². The molecule has 1 amide bonds. The summed E-state index contributed by atoms with van der Waals surface area (Å²) in [5.41, 5.74) is 0.744. The standard InChI is InChI=1S/C15H22FN3O/c1-3-17-14-12(6-4-7-13(14)16)15(20)19-9-5-8-18(2)10-11-19/h4,6-7,17H,3,5,8-11H2,1-2H3. The van der Waals surface area contributed by atoms with Crippen LogP contribution in [0.4, 0.5) is 10.1 Å². The summed E-state index contributed by atoms with van der Waals surface area (Å²) in [5.74, 6) is -0.458. The lowest BCUT2D eigenvalue weighted by molar-refractivity contribution is 0.0763. The van der Waals surface area contributed by atoms with Crippen LogP contribution in [0.25, 0.3) is 0 Å². The van der Waals surface area contributed by atoms with Gasteiger partial charge < -0.3 is 15.1 Å².